The van der Waals surface area contributed by atoms with Gasteiger partial charge >= 0.3 is 0 Å². The van der Waals surface area contributed by atoms with Gasteiger partial charge in [0.2, 0.25) is 5.91 Å². The summed E-state index contributed by atoms with van der Waals surface area (Å²) in [4.78, 5) is 40.0. The van der Waals surface area contributed by atoms with Gasteiger partial charge in [0.05, 0.1) is 4.53 Å². The summed E-state index contributed by atoms with van der Waals surface area (Å²) >= 11 is 1.25. The molecule has 0 unspecified atom stereocenters. The van der Waals surface area contributed by atoms with E-state index >= 15 is 0 Å². The molecule has 0 spiro atoms. The van der Waals surface area contributed by atoms with Crippen LogP contribution in [0.2, 0.25) is 0 Å². The maximum Gasteiger partial charge on any atom is 0.269 e. The first kappa shape index (κ1) is 22.8. The predicted molar refractivity (Wildman–Crippen MR) is 119 cm³/mol. The first-order chi connectivity index (χ1) is 13.6. The highest BCUT2D eigenvalue weighted by atomic mass is 32.1. The monoisotopic (exact) mass is 414 g/mol. The molecule has 2 rings (SSSR count). The third kappa shape index (κ3) is 5.76. The minimum atomic E-state index is -0.561. The number of hydrogen-bond acceptors (Lipinski definition) is 4. The van der Waals surface area contributed by atoms with Gasteiger partial charge in [0.25, 0.3) is 5.56 Å². The Morgan fingerprint density at radius 2 is 1.83 bits per heavy atom. The standard InChI is InChI=1S/C23H30N2O3S/c1-7-24(8-2)20(27)15-25-21(14-19(26)23(4,5)6)29-18(22(25)28)13-17-11-9-10-16(3)12-17/h9-14H,7-8,15H2,1-6H3/b18-13+,21-14-. The molecular formula is C23H30N2O3S. The molecule has 0 N–H and O–H groups in total. The van der Waals surface area contributed by atoms with Gasteiger partial charge in [0.1, 0.15) is 11.2 Å². The third-order valence-electron chi connectivity index (χ3n) is 4.68. The molecule has 1 aromatic carbocycles. The zero-order valence-electron chi connectivity index (χ0n) is 18.1. The number of nitrogens with zero attached hydrogens (tertiary/aromatic N) is 2. The molecule has 0 radical (unpaired) electrons. The van der Waals surface area contributed by atoms with E-state index in [2.05, 4.69) is 0 Å². The van der Waals surface area contributed by atoms with Crippen LogP contribution >= 0.6 is 11.3 Å². The Bertz CT molecular complexity index is 1070. The molecule has 0 saturated carbocycles. The van der Waals surface area contributed by atoms with Crippen molar-refractivity contribution in [1.29, 1.82) is 0 Å². The van der Waals surface area contributed by atoms with Crippen molar-refractivity contribution >= 4 is 35.2 Å². The summed E-state index contributed by atoms with van der Waals surface area (Å²) in [6.07, 6.45) is 3.31. The van der Waals surface area contributed by atoms with Gasteiger partial charge in [-0.3, -0.25) is 19.0 Å². The number of carbonyl (C=O) groups is 2. The van der Waals surface area contributed by atoms with E-state index in [0.717, 1.165) is 11.1 Å². The Morgan fingerprint density at radius 1 is 1.17 bits per heavy atom. The van der Waals surface area contributed by atoms with E-state index in [1.54, 1.807) is 4.90 Å². The highest BCUT2D eigenvalue weighted by Gasteiger charge is 2.20. The van der Waals surface area contributed by atoms with Crippen molar-refractivity contribution in [2.75, 3.05) is 13.1 Å². The molecule has 0 saturated heterocycles. The average Bonchev–Trinajstić information content (AvgIpc) is 2.91. The molecule has 5 nitrogen and oxygen atoms in total. The van der Waals surface area contributed by atoms with E-state index in [1.165, 1.54) is 22.0 Å². The third-order valence-corrected chi connectivity index (χ3v) is 5.74. The summed E-state index contributed by atoms with van der Waals surface area (Å²) in [7, 11) is 0. The van der Waals surface area contributed by atoms with Gasteiger partial charge in [-0.25, -0.2) is 0 Å². The average molecular weight is 415 g/mol. The van der Waals surface area contributed by atoms with Crippen molar-refractivity contribution in [3.8, 4) is 0 Å². The zero-order chi connectivity index (χ0) is 21.8. The fraction of sp³-hybridized carbons (Fsp3) is 0.435. The first-order valence-electron chi connectivity index (χ1n) is 9.88. The van der Waals surface area contributed by atoms with Gasteiger partial charge in [0.15, 0.2) is 5.78 Å². The minimum absolute atomic E-state index is 0.0675. The van der Waals surface area contributed by atoms with Gasteiger partial charge in [-0.05, 0) is 32.4 Å². The number of likely N-dealkylation sites (N-methyl/N-ethyl adjacent to an activating group) is 1. The van der Waals surface area contributed by atoms with E-state index in [4.69, 9.17) is 0 Å². The smallest absolute Gasteiger partial charge is 0.269 e. The molecule has 2 aromatic rings. The van der Waals surface area contributed by atoms with Crippen LogP contribution in [-0.2, 0) is 16.1 Å². The van der Waals surface area contributed by atoms with Gasteiger partial charge in [-0.15, -0.1) is 11.3 Å². The Labute approximate surface area is 176 Å². The molecule has 1 heterocycles. The highest BCUT2D eigenvalue weighted by Crippen LogP contribution is 2.14. The number of rotatable bonds is 6. The highest BCUT2D eigenvalue weighted by molar-refractivity contribution is 7.07. The molecular weight excluding hydrogens is 384 g/mol. The molecule has 0 aliphatic carbocycles. The van der Waals surface area contributed by atoms with Crippen molar-refractivity contribution in [3.05, 3.63) is 54.9 Å². The lowest BCUT2D eigenvalue weighted by Gasteiger charge is -2.18. The molecule has 0 atom stereocenters. The van der Waals surface area contributed by atoms with E-state index in [1.807, 2.05) is 71.9 Å². The molecule has 0 aliphatic heterocycles. The summed E-state index contributed by atoms with van der Waals surface area (Å²) in [6.45, 7) is 12.4. The number of thiazole rings is 1. The number of carbonyl (C=O) groups excluding carboxylic acids is 2. The predicted octanol–water partition coefficient (Wildman–Crippen LogP) is 2.31. The van der Waals surface area contributed by atoms with E-state index in [0.29, 0.717) is 22.3 Å². The van der Waals surface area contributed by atoms with E-state index < -0.39 is 5.41 Å². The fourth-order valence-corrected chi connectivity index (χ4v) is 3.89. The van der Waals surface area contributed by atoms with Crippen LogP contribution in [0.1, 0.15) is 45.7 Å². The molecule has 0 fully saturated rings. The fourth-order valence-electron chi connectivity index (χ4n) is 2.84. The van der Waals surface area contributed by atoms with Crippen LogP contribution in [0.25, 0.3) is 12.2 Å². The van der Waals surface area contributed by atoms with Crippen LogP contribution in [0, 0.1) is 12.3 Å². The molecule has 156 valence electrons. The van der Waals surface area contributed by atoms with Gasteiger partial charge < -0.3 is 4.90 Å². The lowest BCUT2D eigenvalue weighted by molar-refractivity contribution is -0.131. The second-order valence-corrected chi connectivity index (χ2v) is 9.14. The van der Waals surface area contributed by atoms with Crippen molar-refractivity contribution in [2.24, 2.45) is 5.41 Å². The summed E-state index contributed by atoms with van der Waals surface area (Å²) in [5, 5.41) is 0. The molecule has 29 heavy (non-hydrogen) atoms. The maximum atomic E-state index is 13.1. The lowest BCUT2D eigenvalue weighted by atomic mass is 9.91. The summed E-state index contributed by atoms with van der Waals surface area (Å²) in [5.74, 6) is -0.209. The molecule has 1 aromatic heterocycles. The van der Waals surface area contributed by atoms with Crippen LogP contribution in [0.3, 0.4) is 0 Å². The quantitative estimate of drug-likeness (QED) is 0.729. The number of aromatic nitrogens is 1. The first-order valence-corrected chi connectivity index (χ1v) is 10.7. The Hall–Kier alpha value is -2.47. The second kappa shape index (κ2) is 9.35. The summed E-state index contributed by atoms with van der Waals surface area (Å²) in [6, 6.07) is 7.86. The lowest BCUT2D eigenvalue weighted by Crippen LogP contribution is -2.40. The Kier molecular flexibility index (Phi) is 7.36. The van der Waals surface area contributed by atoms with Crippen LogP contribution in [0.5, 0.6) is 0 Å². The summed E-state index contributed by atoms with van der Waals surface area (Å²) < 4.78 is 2.45. The van der Waals surface area contributed by atoms with Crippen molar-refractivity contribution in [2.45, 2.75) is 48.1 Å². The minimum Gasteiger partial charge on any atom is -0.342 e. The largest absolute Gasteiger partial charge is 0.342 e. The van der Waals surface area contributed by atoms with Crippen molar-refractivity contribution < 1.29 is 9.59 Å². The van der Waals surface area contributed by atoms with Gasteiger partial charge in [-0.2, -0.15) is 0 Å². The van der Waals surface area contributed by atoms with Crippen molar-refractivity contribution in [3.63, 3.8) is 0 Å². The van der Waals surface area contributed by atoms with Crippen LogP contribution in [0.4, 0.5) is 0 Å². The number of ketones is 1. The molecule has 1 amide bonds. The normalized spacial score (nSPS) is 13.0. The number of Topliss-reactive ketones (excluding diaryl/α,β-unsaturated/α-hetero) is 1. The SMILES string of the molecule is CCN(CC)C(=O)Cn1c(=O)/c(=C\c2cccc(C)c2)s/c1=C\C(=O)C(C)(C)C. The van der Waals surface area contributed by atoms with Crippen LogP contribution in [0.15, 0.2) is 29.1 Å². The van der Waals surface area contributed by atoms with Crippen LogP contribution in [-0.4, -0.2) is 34.2 Å². The van der Waals surface area contributed by atoms with E-state index in [9.17, 15) is 14.4 Å². The maximum absolute atomic E-state index is 13.1. The topological polar surface area (TPSA) is 59.4 Å². The summed E-state index contributed by atoms with van der Waals surface area (Å²) in [5.41, 5.74) is 1.21. The molecule has 6 heteroatoms. The van der Waals surface area contributed by atoms with Gasteiger partial charge in [-0.1, -0.05) is 50.6 Å². The number of hydrogen-bond donors (Lipinski definition) is 0. The number of aryl methyl sites for hydroxylation is 1. The van der Waals surface area contributed by atoms with Crippen molar-refractivity contribution in [1.82, 2.24) is 9.47 Å². The number of benzene rings is 1. The number of amides is 1. The van der Waals surface area contributed by atoms with Crippen LogP contribution < -0.4 is 14.8 Å². The Morgan fingerprint density at radius 3 is 2.38 bits per heavy atom. The Balaban J connectivity index is 2.65. The zero-order valence-corrected chi connectivity index (χ0v) is 18.9. The molecule has 0 aliphatic rings. The molecule has 0 bridgehead atoms. The second-order valence-electron chi connectivity index (χ2n) is 8.08. The van der Waals surface area contributed by atoms with E-state index in [-0.39, 0.29) is 23.8 Å². The van der Waals surface area contributed by atoms with Gasteiger partial charge in [0, 0.05) is 24.6 Å².